The van der Waals surface area contributed by atoms with Crippen molar-refractivity contribution in [3.63, 3.8) is 0 Å². The molecule has 0 unspecified atom stereocenters. The lowest BCUT2D eigenvalue weighted by atomic mass is 10.0. The summed E-state index contributed by atoms with van der Waals surface area (Å²) >= 11 is 6.23. The first-order valence-electron chi connectivity index (χ1n) is 8.95. The lowest BCUT2D eigenvalue weighted by Crippen LogP contribution is -2.14. The van der Waals surface area contributed by atoms with Gasteiger partial charge in [0.25, 0.3) is 0 Å². The normalized spacial score (nSPS) is 10.7. The van der Waals surface area contributed by atoms with Gasteiger partial charge < -0.3 is 5.32 Å². The van der Waals surface area contributed by atoms with E-state index in [2.05, 4.69) is 30.9 Å². The van der Waals surface area contributed by atoms with Crippen molar-refractivity contribution in [3.8, 4) is 22.6 Å². The number of carbonyl (C=O) groups excluding carboxylic acids is 1. The molecular weight excluding hydrogens is 388 g/mol. The van der Waals surface area contributed by atoms with Crippen LogP contribution in [-0.4, -0.2) is 31.5 Å². The molecule has 4 aromatic rings. The number of H-pyrrole nitrogens is 1. The lowest BCUT2D eigenvalue weighted by molar-refractivity contribution is -0.115. The predicted molar refractivity (Wildman–Crippen MR) is 111 cm³/mol. The molecule has 1 amide bonds. The van der Waals surface area contributed by atoms with Gasteiger partial charge in [0.1, 0.15) is 5.15 Å². The van der Waals surface area contributed by atoms with Crippen LogP contribution in [0.15, 0.2) is 60.7 Å². The molecule has 2 aromatic heterocycles. The summed E-state index contributed by atoms with van der Waals surface area (Å²) in [6.45, 7) is 2.01. The van der Waals surface area contributed by atoms with E-state index in [1.807, 2.05) is 55.5 Å². The summed E-state index contributed by atoms with van der Waals surface area (Å²) < 4.78 is 0. The maximum Gasteiger partial charge on any atom is 0.228 e. The number of benzene rings is 2. The van der Waals surface area contributed by atoms with Crippen LogP contribution in [0.25, 0.3) is 22.6 Å². The third-order valence-electron chi connectivity index (χ3n) is 4.37. The van der Waals surface area contributed by atoms with Crippen LogP contribution in [0.3, 0.4) is 0 Å². The van der Waals surface area contributed by atoms with Crippen molar-refractivity contribution in [1.29, 1.82) is 0 Å². The number of pyridine rings is 1. The zero-order valence-electron chi connectivity index (χ0n) is 15.6. The quantitative estimate of drug-likeness (QED) is 0.489. The van der Waals surface area contributed by atoms with Crippen LogP contribution in [0.4, 0.5) is 5.69 Å². The average molecular weight is 405 g/mol. The number of aromatic amines is 1. The summed E-state index contributed by atoms with van der Waals surface area (Å²) in [6, 6.07) is 18.8. The summed E-state index contributed by atoms with van der Waals surface area (Å²) in [4.78, 5) is 16.9. The highest BCUT2D eigenvalue weighted by molar-refractivity contribution is 6.29. The van der Waals surface area contributed by atoms with Gasteiger partial charge in [-0.05, 0) is 35.0 Å². The van der Waals surface area contributed by atoms with Crippen molar-refractivity contribution in [3.05, 3.63) is 76.9 Å². The topological polar surface area (TPSA) is 96.5 Å². The summed E-state index contributed by atoms with van der Waals surface area (Å²) in [6.07, 6.45) is 0.274. The first kappa shape index (κ1) is 18.8. The Balaban J connectivity index is 1.60. The fraction of sp³-hybridized carbons (Fsp3) is 0.0952. The van der Waals surface area contributed by atoms with E-state index in [0.29, 0.717) is 17.2 Å². The average Bonchev–Trinajstić information content (AvgIpc) is 3.24. The number of rotatable bonds is 5. The summed E-state index contributed by atoms with van der Waals surface area (Å²) in [5.41, 5.74) is 4.85. The van der Waals surface area contributed by atoms with E-state index in [0.717, 1.165) is 22.3 Å². The summed E-state index contributed by atoms with van der Waals surface area (Å²) in [5, 5.41) is 17.2. The lowest BCUT2D eigenvalue weighted by Gasteiger charge is -2.10. The minimum Gasteiger partial charge on any atom is -0.326 e. The molecule has 0 bridgehead atoms. The Kier molecular flexibility index (Phi) is 5.31. The van der Waals surface area contributed by atoms with Gasteiger partial charge >= 0.3 is 0 Å². The van der Waals surface area contributed by atoms with Gasteiger partial charge in [0.15, 0.2) is 5.82 Å². The molecule has 8 heteroatoms. The van der Waals surface area contributed by atoms with Crippen molar-refractivity contribution >= 4 is 23.2 Å². The van der Waals surface area contributed by atoms with Gasteiger partial charge in [-0.3, -0.25) is 4.79 Å². The van der Waals surface area contributed by atoms with Gasteiger partial charge in [0.05, 0.1) is 12.1 Å². The van der Waals surface area contributed by atoms with Crippen LogP contribution in [0, 0.1) is 6.92 Å². The van der Waals surface area contributed by atoms with E-state index >= 15 is 0 Å². The number of hydrogen-bond acceptors (Lipinski definition) is 5. The van der Waals surface area contributed by atoms with E-state index in [4.69, 9.17) is 11.6 Å². The minimum atomic E-state index is -0.130. The molecule has 0 saturated heterocycles. The highest BCUT2D eigenvalue weighted by Crippen LogP contribution is 2.31. The van der Waals surface area contributed by atoms with E-state index in [1.54, 1.807) is 12.1 Å². The highest BCUT2D eigenvalue weighted by Gasteiger charge is 2.13. The highest BCUT2D eigenvalue weighted by atomic mass is 35.5. The number of nitrogens with one attached hydrogen (secondary N) is 2. The molecule has 0 aliphatic heterocycles. The number of nitrogens with zero attached hydrogens (tertiary/aromatic N) is 4. The number of halogens is 1. The van der Waals surface area contributed by atoms with E-state index in [-0.39, 0.29) is 17.5 Å². The van der Waals surface area contributed by atoms with Crippen LogP contribution in [-0.2, 0) is 11.2 Å². The Bertz CT molecular complexity index is 1140. The third-order valence-corrected chi connectivity index (χ3v) is 4.56. The third kappa shape index (κ3) is 4.47. The van der Waals surface area contributed by atoms with Gasteiger partial charge in [-0.15, -0.1) is 5.10 Å². The van der Waals surface area contributed by atoms with E-state index < -0.39 is 0 Å². The molecule has 0 spiro atoms. The second-order valence-corrected chi connectivity index (χ2v) is 6.96. The van der Waals surface area contributed by atoms with Crippen molar-refractivity contribution in [2.24, 2.45) is 0 Å². The molecule has 0 saturated carbocycles. The Morgan fingerprint density at radius 3 is 2.55 bits per heavy atom. The molecule has 0 fully saturated rings. The smallest absolute Gasteiger partial charge is 0.228 e. The molecule has 0 atom stereocenters. The van der Waals surface area contributed by atoms with E-state index in [9.17, 15) is 4.79 Å². The molecule has 2 aromatic carbocycles. The summed E-state index contributed by atoms with van der Waals surface area (Å²) in [5.74, 6) is 0.391. The van der Waals surface area contributed by atoms with Crippen LogP contribution in [0.5, 0.6) is 0 Å². The zero-order valence-corrected chi connectivity index (χ0v) is 16.3. The first-order chi connectivity index (χ1) is 14.1. The number of anilines is 1. The van der Waals surface area contributed by atoms with Crippen LogP contribution < -0.4 is 5.32 Å². The van der Waals surface area contributed by atoms with Gasteiger partial charge in [0, 0.05) is 16.8 Å². The molecule has 2 heterocycles. The van der Waals surface area contributed by atoms with Crippen molar-refractivity contribution < 1.29 is 4.79 Å². The monoisotopic (exact) mass is 404 g/mol. The maximum absolute atomic E-state index is 12.5. The number of aryl methyl sites for hydroxylation is 1. The standard InChI is InChI=1S/C21H17ClN6O/c1-13-6-8-14(9-7-13)10-20(29)23-15-11-18(24-19(22)12-15)16-4-2-3-5-17(16)21-25-27-28-26-21/h2-9,11-12H,10H2,1H3,(H,23,24,29)(H,25,26,27,28). The number of aromatic nitrogens is 5. The van der Waals surface area contributed by atoms with Crippen LogP contribution in [0.2, 0.25) is 5.15 Å². The molecular formula is C21H17ClN6O. The second kappa shape index (κ2) is 8.20. The Labute approximate surface area is 172 Å². The van der Waals surface area contributed by atoms with Crippen molar-refractivity contribution in [1.82, 2.24) is 25.6 Å². The number of hydrogen-bond donors (Lipinski definition) is 2. The first-order valence-corrected chi connectivity index (χ1v) is 9.33. The van der Waals surface area contributed by atoms with Crippen LogP contribution >= 0.6 is 11.6 Å². The van der Waals surface area contributed by atoms with Crippen molar-refractivity contribution in [2.45, 2.75) is 13.3 Å². The molecule has 29 heavy (non-hydrogen) atoms. The molecule has 7 nitrogen and oxygen atoms in total. The van der Waals surface area contributed by atoms with Gasteiger partial charge in [-0.1, -0.05) is 65.7 Å². The Morgan fingerprint density at radius 2 is 1.83 bits per heavy atom. The van der Waals surface area contributed by atoms with Gasteiger partial charge in [-0.25, -0.2) is 10.1 Å². The van der Waals surface area contributed by atoms with Crippen LogP contribution in [0.1, 0.15) is 11.1 Å². The summed E-state index contributed by atoms with van der Waals surface area (Å²) in [7, 11) is 0. The fourth-order valence-electron chi connectivity index (χ4n) is 2.99. The van der Waals surface area contributed by atoms with Crippen molar-refractivity contribution in [2.75, 3.05) is 5.32 Å². The van der Waals surface area contributed by atoms with E-state index in [1.165, 1.54) is 0 Å². The molecule has 144 valence electrons. The number of carbonyl (C=O) groups is 1. The number of amides is 1. The Morgan fingerprint density at radius 1 is 1.07 bits per heavy atom. The molecule has 4 rings (SSSR count). The number of tetrazole rings is 1. The largest absolute Gasteiger partial charge is 0.326 e. The maximum atomic E-state index is 12.5. The molecule has 0 radical (unpaired) electrons. The molecule has 0 aliphatic rings. The molecule has 2 N–H and O–H groups in total. The van der Waals surface area contributed by atoms with Gasteiger partial charge in [-0.2, -0.15) is 0 Å². The second-order valence-electron chi connectivity index (χ2n) is 6.57. The molecule has 0 aliphatic carbocycles. The zero-order chi connectivity index (χ0) is 20.2. The fourth-order valence-corrected chi connectivity index (χ4v) is 3.20. The SMILES string of the molecule is Cc1ccc(CC(=O)Nc2cc(Cl)nc(-c3ccccc3-c3nnn[nH]3)c2)cc1. The predicted octanol–water partition coefficient (Wildman–Crippen LogP) is 4.07. The minimum absolute atomic E-state index is 0.130. The Hall–Kier alpha value is -3.58. The van der Waals surface area contributed by atoms with Gasteiger partial charge in [0.2, 0.25) is 5.91 Å².